The Hall–Kier alpha value is -2.87. The fourth-order valence-electron chi connectivity index (χ4n) is 3.74. The number of carbonyl (C=O) groups is 1. The number of rotatable bonds is 6. The molecule has 1 saturated carbocycles. The van der Waals surface area contributed by atoms with Gasteiger partial charge in [-0.3, -0.25) is 4.79 Å². The molecule has 2 N–H and O–H groups in total. The number of nitrogens with zero attached hydrogens (tertiary/aromatic N) is 1. The van der Waals surface area contributed by atoms with Crippen molar-refractivity contribution in [2.75, 3.05) is 19.5 Å². The summed E-state index contributed by atoms with van der Waals surface area (Å²) in [4.78, 5) is 17.5. The van der Waals surface area contributed by atoms with Gasteiger partial charge in [0.05, 0.1) is 24.4 Å². The van der Waals surface area contributed by atoms with Gasteiger partial charge in [-0.15, -0.1) is 0 Å². The van der Waals surface area contributed by atoms with Crippen LogP contribution in [0.2, 0.25) is 0 Å². The molecule has 1 aromatic heterocycles. The number of aromatic nitrogens is 1. The third-order valence-electron chi connectivity index (χ3n) is 5.15. The van der Waals surface area contributed by atoms with Crippen LogP contribution in [0.4, 0.5) is 9.52 Å². The summed E-state index contributed by atoms with van der Waals surface area (Å²) in [5.74, 6) is 0.408. The van der Waals surface area contributed by atoms with E-state index in [-0.39, 0.29) is 23.8 Å². The lowest BCUT2D eigenvalue weighted by Gasteiger charge is -2.23. The average molecular weight is 415 g/mol. The molecule has 0 spiro atoms. The van der Waals surface area contributed by atoms with Crippen molar-refractivity contribution in [3.8, 4) is 11.5 Å². The second-order valence-electron chi connectivity index (χ2n) is 6.93. The first-order valence-corrected chi connectivity index (χ1v) is 10.2. The Morgan fingerprint density at radius 3 is 2.59 bits per heavy atom. The van der Waals surface area contributed by atoms with Crippen LogP contribution < -0.4 is 20.1 Å². The predicted octanol–water partition coefficient (Wildman–Crippen LogP) is 4.22. The summed E-state index contributed by atoms with van der Waals surface area (Å²) in [5.41, 5.74) is 1.02. The van der Waals surface area contributed by atoms with E-state index in [1.807, 2.05) is 0 Å². The van der Waals surface area contributed by atoms with Gasteiger partial charge in [0, 0.05) is 18.2 Å². The van der Waals surface area contributed by atoms with Crippen molar-refractivity contribution in [2.45, 2.75) is 31.3 Å². The molecule has 1 amide bonds. The fraction of sp³-hybridized carbons (Fsp3) is 0.333. The van der Waals surface area contributed by atoms with Gasteiger partial charge in [0.15, 0.2) is 5.13 Å². The van der Waals surface area contributed by atoms with Gasteiger partial charge in [0.2, 0.25) is 0 Å². The maximum atomic E-state index is 13.4. The Balaban J connectivity index is 1.51. The number of methoxy groups -OCH3 is 2. The fourth-order valence-corrected chi connectivity index (χ4v) is 4.65. The summed E-state index contributed by atoms with van der Waals surface area (Å²) in [5, 5.41) is 7.26. The molecule has 1 aliphatic rings. The highest BCUT2D eigenvalue weighted by Gasteiger charge is 2.31. The predicted molar refractivity (Wildman–Crippen MR) is 112 cm³/mol. The van der Waals surface area contributed by atoms with E-state index in [0.29, 0.717) is 22.6 Å². The molecule has 1 aliphatic carbocycles. The van der Waals surface area contributed by atoms with E-state index < -0.39 is 0 Å². The van der Waals surface area contributed by atoms with E-state index in [2.05, 4.69) is 15.6 Å². The molecular formula is C21H22FN3O3S. The Kier molecular flexibility index (Phi) is 5.53. The molecule has 0 saturated heterocycles. The number of carbonyl (C=O) groups excluding carboxylic acids is 1. The molecule has 1 heterocycles. The number of thiazole rings is 1. The van der Waals surface area contributed by atoms with Crippen LogP contribution in [0.3, 0.4) is 0 Å². The van der Waals surface area contributed by atoms with Gasteiger partial charge in [-0.2, -0.15) is 0 Å². The third-order valence-corrected chi connectivity index (χ3v) is 6.11. The lowest BCUT2D eigenvalue weighted by atomic mass is 10.1. The zero-order valence-corrected chi connectivity index (χ0v) is 17.0. The van der Waals surface area contributed by atoms with E-state index >= 15 is 0 Å². The summed E-state index contributed by atoms with van der Waals surface area (Å²) in [6.45, 7) is 0. The zero-order chi connectivity index (χ0) is 20.4. The van der Waals surface area contributed by atoms with Crippen molar-refractivity contribution in [2.24, 2.45) is 0 Å². The Morgan fingerprint density at radius 1 is 1.14 bits per heavy atom. The van der Waals surface area contributed by atoms with Crippen molar-refractivity contribution in [1.29, 1.82) is 0 Å². The Bertz CT molecular complexity index is 1020. The van der Waals surface area contributed by atoms with E-state index in [4.69, 9.17) is 9.47 Å². The summed E-state index contributed by atoms with van der Waals surface area (Å²) >= 11 is 1.48. The number of amides is 1. The smallest absolute Gasteiger partial charge is 0.259 e. The third kappa shape index (κ3) is 3.98. The largest absolute Gasteiger partial charge is 0.496 e. The minimum absolute atomic E-state index is 0.0464. The average Bonchev–Trinajstić information content (AvgIpc) is 3.33. The van der Waals surface area contributed by atoms with Gasteiger partial charge in [0.1, 0.15) is 22.9 Å². The number of hydrogen-bond donors (Lipinski definition) is 2. The molecule has 0 radical (unpaired) electrons. The van der Waals surface area contributed by atoms with Crippen LogP contribution in [-0.4, -0.2) is 37.2 Å². The highest BCUT2D eigenvalue weighted by atomic mass is 32.1. The number of benzene rings is 2. The van der Waals surface area contributed by atoms with Gasteiger partial charge in [-0.1, -0.05) is 17.4 Å². The van der Waals surface area contributed by atoms with Crippen molar-refractivity contribution >= 4 is 32.6 Å². The Labute approximate surface area is 172 Å². The molecule has 8 heteroatoms. The van der Waals surface area contributed by atoms with Gasteiger partial charge in [0.25, 0.3) is 5.91 Å². The lowest BCUT2D eigenvalue weighted by molar-refractivity contribution is 0.0929. The number of nitrogens with one attached hydrogen (secondary N) is 2. The van der Waals surface area contributed by atoms with E-state index in [1.165, 1.54) is 37.7 Å². The molecule has 4 rings (SSSR count). The van der Waals surface area contributed by atoms with Crippen LogP contribution in [0.1, 0.15) is 29.6 Å². The SMILES string of the molecule is COc1cccc(OC)c1C(=O)N[C@@H]1CCC[C@H]1Nc1nc2cc(F)ccc2s1. The van der Waals surface area contributed by atoms with Gasteiger partial charge in [-0.05, 0) is 43.5 Å². The second-order valence-corrected chi connectivity index (χ2v) is 7.96. The van der Waals surface area contributed by atoms with Crippen molar-refractivity contribution < 1.29 is 18.7 Å². The second kappa shape index (κ2) is 8.24. The van der Waals surface area contributed by atoms with E-state index in [1.54, 1.807) is 24.3 Å². The van der Waals surface area contributed by atoms with Crippen molar-refractivity contribution in [3.63, 3.8) is 0 Å². The lowest BCUT2D eigenvalue weighted by Crippen LogP contribution is -2.43. The molecule has 152 valence electrons. The number of halogens is 1. The first-order valence-electron chi connectivity index (χ1n) is 9.43. The van der Waals surface area contributed by atoms with Crippen molar-refractivity contribution in [1.82, 2.24) is 10.3 Å². The Morgan fingerprint density at radius 2 is 1.86 bits per heavy atom. The highest BCUT2D eigenvalue weighted by Crippen LogP contribution is 2.32. The van der Waals surface area contributed by atoms with E-state index in [0.717, 1.165) is 29.1 Å². The molecule has 1 fully saturated rings. The quantitative estimate of drug-likeness (QED) is 0.631. The first kappa shape index (κ1) is 19.4. The van der Waals surface area contributed by atoms with Crippen LogP contribution in [-0.2, 0) is 0 Å². The van der Waals surface area contributed by atoms with Crippen LogP contribution in [0.25, 0.3) is 10.2 Å². The zero-order valence-electron chi connectivity index (χ0n) is 16.2. The van der Waals surface area contributed by atoms with Gasteiger partial charge < -0.3 is 20.1 Å². The van der Waals surface area contributed by atoms with Crippen LogP contribution in [0, 0.1) is 5.82 Å². The van der Waals surface area contributed by atoms with Crippen LogP contribution >= 0.6 is 11.3 Å². The summed E-state index contributed by atoms with van der Waals surface area (Å²) < 4.78 is 25.0. The maximum absolute atomic E-state index is 13.4. The molecule has 0 aliphatic heterocycles. The molecule has 0 unspecified atom stereocenters. The number of anilines is 1. The highest BCUT2D eigenvalue weighted by molar-refractivity contribution is 7.22. The minimum Gasteiger partial charge on any atom is -0.496 e. The van der Waals surface area contributed by atoms with Crippen LogP contribution in [0.15, 0.2) is 36.4 Å². The molecule has 6 nitrogen and oxygen atoms in total. The number of hydrogen-bond acceptors (Lipinski definition) is 6. The molecule has 2 aromatic carbocycles. The maximum Gasteiger partial charge on any atom is 0.259 e. The molecular weight excluding hydrogens is 393 g/mol. The number of fused-ring (bicyclic) bond motifs is 1. The summed E-state index contributed by atoms with van der Waals surface area (Å²) in [6, 6.07) is 9.85. The molecule has 29 heavy (non-hydrogen) atoms. The first-order chi connectivity index (χ1) is 14.1. The number of ether oxygens (including phenoxy) is 2. The van der Waals surface area contributed by atoms with Crippen molar-refractivity contribution in [3.05, 3.63) is 47.8 Å². The van der Waals surface area contributed by atoms with Crippen LogP contribution in [0.5, 0.6) is 11.5 Å². The topological polar surface area (TPSA) is 72.5 Å². The van der Waals surface area contributed by atoms with Gasteiger partial charge in [-0.25, -0.2) is 9.37 Å². The minimum atomic E-state index is -0.300. The molecule has 3 aromatic rings. The summed E-state index contributed by atoms with van der Waals surface area (Å²) in [6.07, 6.45) is 2.77. The van der Waals surface area contributed by atoms with Gasteiger partial charge >= 0.3 is 0 Å². The molecule has 2 atom stereocenters. The standard InChI is InChI=1S/C21H22FN3O3S/c1-27-16-7-4-8-17(28-2)19(16)20(26)23-13-5-3-6-14(13)24-21-25-15-11-12(22)9-10-18(15)29-21/h4,7-11,13-14H,3,5-6H2,1-2H3,(H,23,26)(H,24,25)/t13-,14-/m1/s1. The monoisotopic (exact) mass is 415 g/mol. The van der Waals surface area contributed by atoms with E-state index in [9.17, 15) is 9.18 Å². The summed E-state index contributed by atoms with van der Waals surface area (Å²) in [7, 11) is 3.06. The normalized spacial score (nSPS) is 18.6. The molecule has 0 bridgehead atoms.